The highest BCUT2D eigenvalue weighted by molar-refractivity contribution is 7.89. The first kappa shape index (κ1) is 18.0. The van der Waals surface area contributed by atoms with E-state index in [2.05, 4.69) is 10.6 Å². The van der Waals surface area contributed by atoms with Crippen LogP contribution in [0.5, 0.6) is 0 Å². The molecule has 0 aliphatic carbocycles. The molecule has 1 saturated heterocycles. The third-order valence-electron chi connectivity index (χ3n) is 3.82. The molecule has 7 nitrogen and oxygen atoms in total. The number of aliphatic carboxylic acids is 1. The molecule has 0 radical (unpaired) electrons. The average molecular weight is 350 g/mol. The Hall–Kier alpha value is -2.37. The maximum atomic E-state index is 12.5. The number of benzene rings is 1. The lowest BCUT2D eigenvalue weighted by Crippen LogP contribution is -2.36. The number of likely N-dealkylation sites (tertiary alicyclic amines) is 1. The van der Waals surface area contributed by atoms with Gasteiger partial charge in [-0.25, -0.2) is 8.42 Å². The van der Waals surface area contributed by atoms with Gasteiger partial charge in [-0.2, -0.15) is 4.72 Å². The standard InChI is InChI=1S/C16H18N2O5S/c1-2-9-17-24(22,23)14-7-5-12(6-8-14)16(21)18-10-3-4-13(18)11-15(19)20/h1,5-8,13,17H,3-4,9-11H2,(H,19,20). The second-order valence-corrected chi connectivity index (χ2v) is 7.21. The minimum atomic E-state index is -3.71. The molecule has 0 aromatic heterocycles. The summed E-state index contributed by atoms with van der Waals surface area (Å²) < 4.78 is 26.1. The van der Waals surface area contributed by atoms with E-state index in [1.807, 2.05) is 0 Å². The van der Waals surface area contributed by atoms with Gasteiger partial charge in [0, 0.05) is 18.2 Å². The van der Waals surface area contributed by atoms with Crippen LogP contribution in [0.2, 0.25) is 0 Å². The minimum Gasteiger partial charge on any atom is -0.481 e. The molecule has 1 aromatic carbocycles. The first-order valence-corrected chi connectivity index (χ1v) is 8.89. The molecule has 1 aliphatic rings. The number of carboxylic acid groups (broad SMARTS) is 1. The topological polar surface area (TPSA) is 104 Å². The summed E-state index contributed by atoms with van der Waals surface area (Å²) in [6.07, 6.45) is 6.35. The van der Waals surface area contributed by atoms with Crippen molar-refractivity contribution in [2.45, 2.75) is 30.2 Å². The van der Waals surface area contributed by atoms with Crippen molar-refractivity contribution >= 4 is 21.9 Å². The van der Waals surface area contributed by atoms with Gasteiger partial charge in [0.2, 0.25) is 10.0 Å². The van der Waals surface area contributed by atoms with Crippen molar-refractivity contribution in [2.75, 3.05) is 13.1 Å². The molecule has 1 heterocycles. The number of carboxylic acids is 1. The van der Waals surface area contributed by atoms with Gasteiger partial charge in [-0.1, -0.05) is 5.92 Å². The van der Waals surface area contributed by atoms with Crippen molar-refractivity contribution in [1.82, 2.24) is 9.62 Å². The van der Waals surface area contributed by atoms with Crippen molar-refractivity contribution in [3.8, 4) is 12.3 Å². The summed E-state index contributed by atoms with van der Waals surface area (Å²) in [7, 11) is -3.71. The molecule has 1 atom stereocenters. The molecule has 1 fully saturated rings. The maximum absolute atomic E-state index is 12.5. The summed E-state index contributed by atoms with van der Waals surface area (Å²) in [5.74, 6) is 0.946. The van der Waals surface area contributed by atoms with Crippen LogP contribution >= 0.6 is 0 Å². The van der Waals surface area contributed by atoms with Gasteiger partial charge in [-0.15, -0.1) is 6.42 Å². The van der Waals surface area contributed by atoms with Gasteiger partial charge in [0.05, 0.1) is 17.9 Å². The van der Waals surface area contributed by atoms with Crippen LogP contribution in [-0.2, 0) is 14.8 Å². The lowest BCUT2D eigenvalue weighted by Gasteiger charge is -2.23. The Kier molecular flexibility index (Phi) is 5.59. The Morgan fingerprint density at radius 3 is 2.58 bits per heavy atom. The largest absolute Gasteiger partial charge is 0.481 e. The maximum Gasteiger partial charge on any atom is 0.305 e. The molecule has 1 aromatic rings. The number of nitrogens with zero attached hydrogens (tertiary/aromatic N) is 1. The molecule has 1 amide bonds. The van der Waals surface area contributed by atoms with Gasteiger partial charge in [-0.05, 0) is 37.1 Å². The van der Waals surface area contributed by atoms with Crippen molar-refractivity contribution in [1.29, 1.82) is 0 Å². The molecular weight excluding hydrogens is 332 g/mol. The second-order valence-electron chi connectivity index (χ2n) is 5.45. The zero-order chi connectivity index (χ0) is 17.7. The lowest BCUT2D eigenvalue weighted by molar-refractivity contribution is -0.137. The predicted molar refractivity (Wildman–Crippen MR) is 86.8 cm³/mol. The molecular formula is C16H18N2O5S. The fourth-order valence-electron chi connectivity index (χ4n) is 2.68. The van der Waals surface area contributed by atoms with Crippen LogP contribution in [0.15, 0.2) is 29.2 Å². The minimum absolute atomic E-state index is 0.0119. The number of rotatable bonds is 6. The van der Waals surface area contributed by atoms with Crippen molar-refractivity contribution in [2.24, 2.45) is 0 Å². The Morgan fingerprint density at radius 2 is 2.00 bits per heavy atom. The van der Waals surface area contributed by atoms with E-state index in [4.69, 9.17) is 11.5 Å². The molecule has 1 unspecified atom stereocenters. The van der Waals surface area contributed by atoms with E-state index in [9.17, 15) is 18.0 Å². The highest BCUT2D eigenvalue weighted by Gasteiger charge is 2.31. The normalized spacial score (nSPS) is 17.5. The Bertz CT molecular complexity index is 765. The zero-order valence-corrected chi connectivity index (χ0v) is 13.8. The Morgan fingerprint density at radius 1 is 1.33 bits per heavy atom. The van der Waals surface area contributed by atoms with E-state index in [1.165, 1.54) is 29.2 Å². The van der Waals surface area contributed by atoms with Gasteiger partial charge in [-0.3, -0.25) is 9.59 Å². The van der Waals surface area contributed by atoms with Gasteiger partial charge in [0.25, 0.3) is 5.91 Å². The highest BCUT2D eigenvalue weighted by atomic mass is 32.2. The summed E-state index contributed by atoms with van der Waals surface area (Å²) in [5.41, 5.74) is 0.322. The molecule has 0 bridgehead atoms. The first-order valence-electron chi connectivity index (χ1n) is 7.41. The first-order chi connectivity index (χ1) is 11.3. The van der Waals surface area contributed by atoms with Crippen molar-refractivity contribution in [3.63, 3.8) is 0 Å². The van der Waals surface area contributed by atoms with E-state index < -0.39 is 16.0 Å². The molecule has 8 heteroatoms. The number of nitrogens with one attached hydrogen (secondary N) is 1. The lowest BCUT2D eigenvalue weighted by atomic mass is 10.1. The molecule has 1 aliphatic heterocycles. The quantitative estimate of drug-likeness (QED) is 0.734. The van der Waals surface area contributed by atoms with Crippen LogP contribution in [0.3, 0.4) is 0 Å². The number of sulfonamides is 1. The van der Waals surface area contributed by atoms with E-state index >= 15 is 0 Å². The van der Waals surface area contributed by atoms with E-state index in [-0.39, 0.29) is 29.8 Å². The van der Waals surface area contributed by atoms with Crippen LogP contribution in [0.25, 0.3) is 0 Å². The fraction of sp³-hybridized carbons (Fsp3) is 0.375. The van der Waals surface area contributed by atoms with Gasteiger partial charge in [0.1, 0.15) is 0 Å². The molecule has 24 heavy (non-hydrogen) atoms. The van der Waals surface area contributed by atoms with Gasteiger partial charge >= 0.3 is 5.97 Å². The fourth-order valence-corrected chi connectivity index (χ4v) is 3.61. The number of terminal acetylenes is 1. The predicted octanol–water partition coefficient (Wildman–Crippen LogP) is 0.677. The van der Waals surface area contributed by atoms with Crippen LogP contribution in [-0.4, -0.2) is 49.4 Å². The summed E-state index contributed by atoms with van der Waals surface area (Å²) in [6, 6.07) is 5.17. The molecule has 2 N–H and O–H groups in total. The molecule has 128 valence electrons. The molecule has 0 saturated carbocycles. The monoisotopic (exact) mass is 350 g/mol. The zero-order valence-electron chi connectivity index (χ0n) is 12.9. The van der Waals surface area contributed by atoms with Crippen molar-refractivity contribution < 1.29 is 23.1 Å². The van der Waals surface area contributed by atoms with Crippen LogP contribution in [0.4, 0.5) is 0 Å². The third-order valence-corrected chi connectivity index (χ3v) is 5.24. The number of carbonyl (C=O) groups excluding carboxylic acids is 1. The van der Waals surface area contributed by atoms with Gasteiger partial charge < -0.3 is 10.0 Å². The van der Waals surface area contributed by atoms with E-state index in [0.29, 0.717) is 18.5 Å². The number of carbonyl (C=O) groups is 2. The van der Waals surface area contributed by atoms with E-state index in [1.54, 1.807) is 0 Å². The number of hydrogen-bond donors (Lipinski definition) is 2. The number of hydrogen-bond acceptors (Lipinski definition) is 4. The average Bonchev–Trinajstić information content (AvgIpc) is 2.99. The SMILES string of the molecule is C#CCNS(=O)(=O)c1ccc(C(=O)N2CCCC2CC(=O)O)cc1. The Balaban J connectivity index is 2.14. The summed E-state index contributed by atoms with van der Waals surface area (Å²) in [5, 5.41) is 8.92. The molecule has 0 spiro atoms. The van der Waals surface area contributed by atoms with Crippen LogP contribution in [0, 0.1) is 12.3 Å². The number of amides is 1. The summed E-state index contributed by atoms with van der Waals surface area (Å²) >= 11 is 0. The van der Waals surface area contributed by atoms with Gasteiger partial charge in [0.15, 0.2) is 0 Å². The van der Waals surface area contributed by atoms with Crippen LogP contribution < -0.4 is 4.72 Å². The summed E-state index contributed by atoms with van der Waals surface area (Å²) in [4.78, 5) is 24.9. The Labute approximate surface area is 140 Å². The summed E-state index contributed by atoms with van der Waals surface area (Å²) in [6.45, 7) is 0.383. The highest BCUT2D eigenvalue weighted by Crippen LogP contribution is 2.23. The van der Waals surface area contributed by atoms with E-state index in [0.717, 1.165) is 6.42 Å². The van der Waals surface area contributed by atoms with Crippen molar-refractivity contribution in [3.05, 3.63) is 29.8 Å². The smallest absolute Gasteiger partial charge is 0.305 e. The third kappa shape index (κ3) is 4.13. The second kappa shape index (κ2) is 7.47. The van der Waals surface area contributed by atoms with Crippen LogP contribution in [0.1, 0.15) is 29.6 Å². The molecule has 2 rings (SSSR count).